The third-order valence-corrected chi connectivity index (χ3v) is 20.2. The van der Waals surface area contributed by atoms with E-state index in [-0.39, 0.29) is 89.7 Å². The molecule has 1 aliphatic carbocycles. The molecule has 11 rings (SSSR count). The third-order valence-electron chi connectivity index (χ3n) is 20.2. The second-order valence-electron chi connectivity index (χ2n) is 28.8. The van der Waals surface area contributed by atoms with Crippen LogP contribution in [0.25, 0.3) is 22.0 Å². The van der Waals surface area contributed by atoms with Crippen LogP contribution < -0.4 is 42.0 Å². The lowest BCUT2D eigenvalue weighted by molar-refractivity contribution is -0.149. The second kappa shape index (κ2) is 34.5. The number of hydrogen-bond donors (Lipinski definition) is 8. The molecule has 8 N–H and O–H groups in total. The second-order valence-corrected chi connectivity index (χ2v) is 28.8. The summed E-state index contributed by atoms with van der Waals surface area (Å²) in [5.74, 6) is -6.11. The molecule has 4 bridgehead atoms. The molecule has 2 saturated heterocycles. The van der Waals surface area contributed by atoms with E-state index in [0.717, 1.165) is 33.4 Å². The van der Waals surface area contributed by atoms with Gasteiger partial charge in [0.1, 0.15) is 60.5 Å². The molecule has 0 spiro atoms. The van der Waals surface area contributed by atoms with Gasteiger partial charge in [-0.2, -0.15) is 0 Å². The lowest BCUT2D eigenvalue weighted by Gasteiger charge is -2.37. The molecule has 25 nitrogen and oxygen atoms in total. The third kappa shape index (κ3) is 19.2. The zero-order valence-electron chi connectivity index (χ0n) is 61.2. The van der Waals surface area contributed by atoms with E-state index in [4.69, 9.17) is 18.9 Å². The van der Waals surface area contributed by atoms with Gasteiger partial charge in [0, 0.05) is 81.4 Å². The Morgan fingerprint density at radius 1 is 0.785 bits per heavy atom. The predicted octanol–water partition coefficient (Wildman–Crippen LogP) is 6.83. The minimum Gasteiger partial charge on any atom is -0.497 e. The first-order chi connectivity index (χ1) is 51.3. The van der Waals surface area contributed by atoms with Gasteiger partial charge in [-0.1, -0.05) is 109 Å². The topological polar surface area (TPSA) is 323 Å². The maximum Gasteiger partial charge on any atom is 0.407 e. The highest BCUT2D eigenvalue weighted by molar-refractivity contribution is 5.99. The number of nitrogens with zero attached hydrogens (tertiary/aromatic N) is 2. The summed E-state index contributed by atoms with van der Waals surface area (Å²) in [6.45, 7) is 8.33. The Kier molecular flexibility index (Phi) is 24.9. The molecule has 6 aromatic carbocycles. The fourth-order valence-electron chi connectivity index (χ4n) is 14.6. The number of hydrogen-bond acceptors (Lipinski definition) is 15. The van der Waals surface area contributed by atoms with Crippen LogP contribution in [0.5, 0.6) is 5.75 Å². The van der Waals surface area contributed by atoms with Crippen LogP contribution in [0.3, 0.4) is 0 Å². The van der Waals surface area contributed by atoms with Gasteiger partial charge in [0.05, 0.1) is 38.4 Å². The Labute approximate surface area is 620 Å². The number of halogens is 1. The lowest BCUT2D eigenvalue weighted by atomic mass is 9.95. The standard InChI is InChI=1S/C81H93FN10O15/c1-48(107-80(2,3)4)71(74(97)88-65(39-50-24-27-56(103-6)28-25-50)77(100)92-36-13-34-81(92,5)78(101)83-35-32-49-20-22-51(23-21-49)43-85-68(93)30-31-70(95)104-7)90-75(98)72-67-33-37-91(72)76(99)66(41-54-45-84-63-29-26-55(82)42-61(54)63)87-73(96)64(40-52-14-12-15-53(38-52)44-86-69(94)47-105-67)89-79(102)106-46-62-59-18-10-8-16-57(59)58-17-9-11-19-60(58)62/h8-12,14-29,38,42,45,48,62,64-67,71-72,84H,13,30-37,39-41,43-44,46-47H2,1-7H3,(H,83,101)(H,85,93)(H,86,94)(H,87,96)(H,88,97)(H,89,102)(H,90,98)/t48-,64+,65+,66+,67+,71+,72+,81+/m1/s1. The molecular weight excluding hydrogens is 1370 g/mol. The number of rotatable bonds is 24. The Morgan fingerprint density at radius 2 is 1.49 bits per heavy atom. The van der Waals surface area contributed by atoms with Crippen LogP contribution in [0.4, 0.5) is 9.18 Å². The zero-order valence-corrected chi connectivity index (χ0v) is 61.2. The van der Waals surface area contributed by atoms with Crippen molar-refractivity contribution in [1.82, 2.24) is 52.0 Å². The van der Waals surface area contributed by atoms with Crippen LogP contribution in [0, 0.1) is 5.82 Å². The average molecular weight is 1470 g/mol. The minimum absolute atomic E-state index is 0.00413. The van der Waals surface area contributed by atoms with Gasteiger partial charge in [0.25, 0.3) is 0 Å². The molecule has 4 heterocycles. The van der Waals surface area contributed by atoms with E-state index in [1.807, 2.05) is 72.8 Å². The molecule has 7 aromatic rings. The Bertz CT molecular complexity index is 4380. The van der Waals surface area contributed by atoms with Gasteiger partial charge >= 0.3 is 12.1 Å². The van der Waals surface area contributed by atoms with Crippen LogP contribution in [0.1, 0.15) is 117 Å². The van der Waals surface area contributed by atoms with E-state index in [1.165, 1.54) is 42.2 Å². The van der Waals surface area contributed by atoms with Crippen LogP contribution in [-0.4, -0.2) is 175 Å². The van der Waals surface area contributed by atoms with Crippen molar-refractivity contribution in [3.63, 3.8) is 0 Å². The maximum absolute atomic E-state index is 15.9. The molecule has 4 aliphatic rings. The van der Waals surface area contributed by atoms with Gasteiger partial charge in [0.15, 0.2) is 0 Å². The maximum atomic E-state index is 15.9. The molecule has 0 unspecified atom stereocenters. The van der Waals surface area contributed by atoms with Crippen molar-refractivity contribution in [2.45, 2.75) is 165 Å². The molecule has 564 valence electrons. The summed E-state index contributed by atoms with van der Waals surface area (Å²) in [6, 6.07) is 33.7. The number of benzene rings is 6. The van der Waals surface area contributed by atoms with Crippen molar-refractivity contribution in [3.8, 4) is 16.9 Å². The molecule has 0 radical (unpaired) electrons. The van der Waals surface area contributed by atoms with E-state index >= 15 is 28.4 Å². The van der Waals surface area contributed by atoms with Gasteiger partial charge < -0.3 is 75.7 Å². The number of ether oxygens (including phenoxy) is 5. The number of fused-ring (bicyclic) bond motifs is 8. The number of likely N-dealkylation sites (tertiary alicyclic amines) is 1. The van der Waals surface area contributed by atoms with Gasteiger partial charge in [-0.3, -0.25) is 43.2 Å². The molecule has 8 atom stereocenters. The number of methoxy groups -OCH3 is 2. The van der Waals surface area contributed by atoms with Crippen LogP contribution in [0.2, 0.25) is 0 Å². The number of carbonyl (C=O) groups excluding carboxylic acids is 10. The van der Waals surface area contributed by atoms with Crippen molar-refractivity contribution in [3.05, 3.63) is 196 Å². The van der Waals surface area contributed by atoms with E-state index in [0.29, 0.717) is 58.2 Å². The van der Waals surface area contributed by atoms with Crippen molar-refractivity contribution in [2.75, 3.05) is 47.1 Å². The molecule has 9 amide bonds. The van der Waals surface area contributed by atoms with Gasteiger partial charge in [-0.25, -0.2) is 9.18 Å². The molecule has 1 aromatic heterocycles. The van der Waals surface area contributed by atoms with Crippen molar-refractivity contribution >= 4 is 70.2 Å². The normalized spacial score (nSPS) is 19.7. The predicted molar refractivity (Wildman–Crippen MR) is 394 cm³/mol. The fraction of sp³-hybridized carbons (Fsp3) is 0.407. The quantitative estimate of drug-likeness (QED) is 0.0287. The summed E-state index contributed by atoms with van der Waals surface area (Å²) >= 11 is 0. The highest BCUT2D eigenvalue weighted by Crippen LogP contribution is 2.45. The Morgan fingerprint density at radius 3 is 2.20 bits per heavy atom. The number of carbonyl (C=O) groups is 10. The molecular formula is C81H93FN10O15. The summed E-state index contributed by atoms with van der Waals surface area (Å²) in [5, 5.41) is 20.6. The SMILES string of the molecule is COC(=O)CCC(=O)NCc1ccc(CCNC(=O)[C@]2(C)CCCN2C(=O)[C@H](Cc2ccc(OC)cc2)NC(=O)[C@@H](NC(=O)[C@@H]2[C@@H]3CCN2C(=O)[C@H](Cc2c[nH]c4ccc(F)cc24)NC(=O)[C@@H](NC(=O)OCC2c4ccccc4-c4ccccc42)Cc2cccc(c2)CNC(=O)CO3)[C@@H](C)OC(C)(C)C)cc1. The number of alkyl carbamates (subject to hydrolysis) is 1. The van der Waals surface area contributed by atoms with Crippen LogP contribution in [0.15, 0.2) is 146 Å². The number of nitrogens with one attached hydrogen (secondary N) is 8. The van der Waals surface area contributed by atoms with Crippen molar-refractivity contribution in [2.24, 2.45) is 0 Å². The van der Waals surface area contributed by atoms with E-state index in [9.17, 15) is 24.0 Å². The minimum atomic E-state index is -1.62. The summed E-state index contributed by atoms with van der Waals surface area (Å²) in [7, 11) is 2.77. The molecule has 2 fully saturated rings. The average Bonchev–Trinajstić information content (AvgIpc) is 1.58. The number of esters is 1. The first kappa shape index (κ1) is 77.1. The molecule has 3 aliphatic heterocycles. The summed E-state index contributed by atoms with van der Waals surface area (Å²) in [4.78, 5) is 150. The number of aromatic nitrogens is 1. The fourth-order valence-corrected chi connectivity index (χ4v) is 14.6. The Hall–Kier alpha value is -11.0. The Balaban J connectivity index is 0.859. The summed E-state index contributed by atoms with van der Waals surface area (Å²) < 4.78 is 44.0. The van der Waals surface area contributed by atoms with E-state index < -0.39 is 119 Å². The van der Waals surface area contributed by atoms with Crippen LogP contribution >= 0.6 is 0 Å². The summed E-state index contributed by atoms with van der Waals surface area (Å²) in [6.07, 6.45) is -1.06. The number of amides is 9. The largest absolute Gasteiger partial charge is 0.497 e. The van der Waals surface area contributed by atoms with Crippen molar-refractivity contribution < 1.29 is 76.0 Å². The highest BCUT2D eigenvalue weighted by Gasteiger charge is 2.50. The van der Waals surface area contributed by atoms with E-state index in [1.54, 1.807) is 89.3 Å². The highest BCUT2D eigenvalue weighted by atomic mass is 19.1. The summed E-state index contributed by atoms with van der Waals surface area (Å²) in [5.41, 5.74) is 6.13. The van der Waals surface area contributed by atoms with Crippen LogP contribution in [-0.2, 0) is 101 Å². The number of aromatic amines is 1. The van der Waals surface area contributed by atoms with Gasteiger partial charge in [-0.05, 0) is 146 Å². The molecule has 107 heavy (non-hydrogen) atoms. The lowest BCUT2D eigenvalue weighted by Crippen LogP contribution is -2.64. The zero-order chi connectivity index (χ0) is 76.1. The van der Waals surface area contributed by atoms with Gasteiger partial charge in [0.2, 0.25) is 47.3 Å². The molecule has 0 saturated carbocycles. The smallest absolute Gasteiger partial charge is 0.407 e. The first-order valence-corrected chi connectivity index (χ1v) is 36.2. The van der Waals surface area contributed by atoms with Crippen molar-refractivity contribution in [1.29, 1.82) is 0 Å². The first-order valence-electron chi connectivity index (χ1n) is 36.2. The number of H-pyrrole nitrogens is 1. The van der Waals surface area contributed by atoms with E-state index in [2.05, 4.69) is 46.9 Å². The van der Waals surface area contributed by atoms with Gasteiger partial charge in [-0.15, -0.1) is 0 Å². The monoisotopic (exact) mass is 1460 g/mol. The molecule has 26 heteroatoms.